The molecule has 0 atom stereocenters. The Labute approximate surface area is 103 Å². The molecule has 0 unspecified atom stereocenters. The van der Waals surface area contributed by atoms with Crippen LogP contribution in [-0.2, 0) is 5.92 Å². The fourth-order valence-corrected chi connectivity index (χ4v) is 1.78. The van der Waals surface area contributed by atoms with Gasteiger partial charge in [0.25, 0.3) is 5.92 Å². The Hall–Kier alpha value is -0.540. The molecule has 0 bridgehead atoms. The first kappa shape index (κ1) is 13.5. The minimum absolute atomic E-state index is 0.0157. The lowest BCUT2D eigenvalue weighted by Crippen LogP contribution is -2.21. The topological polar surface area (TPSA) is 9.23 Å². The van der Waals surface area contributed by atoms with E-state index in [-0.39, 0.29) is 21.4 Å². The van der Waals surface area contributed by atoms with Crippen LogP contribution in [0.5, 0.6) is 5.75 Å². The van der Waals surface area contributed by atoms with E-state index in [1.54, 1.807) is 0 Å². The second-order valence-electron chi connectivity index (χ2n) is 3.72. The highest BCUT2D eigenvalue weighted by Gasteiger charge is 2.38. The fourth-order valence-electron chi connectivity index (χ4n) is 1.26. The highest BCUT2D eigenvalue weighted by atomic mass is 35.5. The molecule has 16 heavy (non-hydrogen) atoms. The lowest BCUT2D eigenvalue weighted by atomic mass is 9.97. The van der Waals surface area contributed by atoms with Crippen LogP contribution in [0.2, 0.25) is 10.0 Å². The van der Waals surface area contributed by atoms with Gasteiger partial charge in [-0.2, -0.15) is 0 Å². The Morgan fingerprint density at radius 2 is 1.75 bits per heavy atom. The summed E-state index contributed by atoms with van der Waals surface area (Å²) in [5, 5.41) is -0.137. The van der Waals surface area contributed by atoms with Crippen molar-refractivity contribution >= 4 is 23.2 Å². The third-order valence-electron chi connectivity index (χ3n) is 2.35. The van der Waals surface area contributed by atoms with E-state index in [1.165, 1.54) is 33.1 Å². The first-order chi connectivity index (χ1) is 7.32. The van der Waals surface area contributed by atoms with E-state index < -0.39 is 11.8 Å². The van der Waals surface area contributed by atoms with Gasteiger partial charge in [-0.15, -0.1) is 0 Å². The van der Waals surface area contributed by atoms with E-state index in [0.29, 0.717) is 0 Å². The predicted molar refractivity (Wildman–Crippen MR) is 61.7 cm³/mol. The number of benzene rings is 1. The van der Waals surface area contributed by atoms with E-state index in [9.17, 15) is 8.78 Å². The lowest BCUT2D eigenvalue weighted by molar-refractivity contribution is -0.0512. The van der Waals surface area contributed by atoms with Crippen molar-refractivity contribution in [2.75, 3.05) is 7.11 Å². The van der Waals surface area contributed by atoms with Gasteiger partial charge < -0.3 is 4.74 Å². The van der Waals surface area contributed by atoms with E-state index in [4.69, 9.17) is 27.9 Å². The monoisotopic (exact) mass is 268 g/mol. The molecule has 0 saturated carbocycles. The average Bonchev–Trinajstić information content (AvgIpc) is 2.21. The molecule has 0 aromatic heterocycles. The summed E-state index contributed by atoms with van der Waals surface area (Å²) in [6, 6.07) is 2.63. The third-order valence-corrected chi connectivity index (χ3v) is 3.22. The highest BCUT2D eigenvalue weighted by molar-refractivity contribution is 6.43. The molecule has 0 radical (unpaired) electrons. The van der Waals surface area contributed by atoms with Crippen molar-refractivity contribution in [3.63, 3.8) is 0 Å². The zero-order valence-corrected chi connectivity index (χ0v) is 10.7. The van der Waals surface area contributed by atoms with Crippen LogP contribution in [0, 0.1) is 5.92 Å². The van der Waals surface area contributed by atoms with Gasteiger partial charge in [-0.25, -0.2) is 8.78 Å². The molecule has 1 aromatic rings. The van der Waals surface area contributed by atoms with Gasteiger partial charge in [-0.05, 0) is 12.1 Å². The van der Waals surface area contributed by atoms with Crippen molar-refractivity contribution in [2.45, 2.75) is 19.8 Å². The molecule has 0 aliphatic carbocycles. The van der Waals surface area contributed by atoms with E-state index in [0.717, 1.165) is 0 Å². The Bertz CT molecular complexity index is 392. The maximum atomic E-state index is 13.8. The smallest absolute Gasteiger partial charge is 0.276 e. The third kappa shape index (κ3) is 2.25. The molecule has 0 spiro atoms. The summed E-state index contributed by atoms with van der Waals surface area (Å²) in [4.78, 5) is 0. The van der Waals surface area contributed by atoms with Crippen LogP contribution in [0.4, 0.5) is 8.78 Å². The molecule has 0 saturated heterocycles. The zero-order chi connectivity index (χ0) is 12.5. The molecule has 90 valence electrons. The zero-order valence-electron chi connectivity index (χ0n) is 9.15. The van der Waals surface area contributed by atoms with Crippen LogP contribution in [-0.4, -0.2) is 7.11 Å². The Morgan fingerprint density at radius 3 is 2.19 bits per heavy atom. The van der Waals surface area contributed by atoms with Gasteiger partial charge in [-0.1, -0.05) is 37.0 Å². The highest BCUT2D eigenvalue weighted by Crippen LogP contribution is 2.44. The molecule has 0 N–H and O–H groups in total. The Kier molecular flexibility index (Phi) is 4.02. The number of hydrogen-bond donors (Lipinski definition) is 0. The molecular formula is C11H12Cl2F2O. The molecule has 0 fully saturated rings. The van der Waals surface area contributed by atoms with Crippen molar-refractivity contribution in [3.8, 4) is 5.75 Å². The van der Waals surface area contributed by atoms with Crippen molar-refractivity contribution in [2.24, 2.45) is 5.92 Å². The summed E-state index contributed by atoms with van der Waals surface area (Å²) in [6.45, 7) is 2.85. The lowest BCUT2D eigenvalue weighted by Gasteiger charge is -2.22. The number of rotatable bonds is 3. The second kappa shape index (κ2) is 4.76. The summed E-state index contributed by atoms with van der Waals surface area (Å²) < 4.78 is 32.4. The summed E-state index contributed by atoms with van der Waals surface area (Å²) in [5.41, 5.74) is -0.269. The SMILES string of the molecule is COc1ccc(C(F)(F)C(C)C)c(Cl)c1Cl. The van der Waals surface area contributed by atoms with Gasteiger partial charge in [0.2, 0.25) is 0 Å². The number of halogens is 4. The Morgan fingerprint density at radius 1 is 1.19 bits per heavy atom. The predicted octanol–water partition coefficient (Wildman–Crippen LogP) is 4.75. The number of ether oxygens (including phenoxy) is 1. The number of methoxy groups -OCH3 is 1. The minimum Gasteiger partial charge on any atom is -0.495 e. The summed E-state index contributed by atoms with van der Waals surface area (Å²) >= 11 is 11.6. The molecule has 5 heteroatoms. The van der Waals surface area contributed by atoms with Crippen molar-refractivity contribution in [1.82, 2.24) is 0 Å². The van der Waals surface area contributed by atoms with Crippen LogP contribution < -0.4 is 4.74 Å². The van der Waals surface area contributed by atoms with Gasteiger partial charge in [0.05, 0.1) is 12.1 Å². The van der Waals surface area contributed by atoms with Crippen LogP contribution >= 0.6 is 23.2 Å². The first-order valence-corrected chi connectivity index (χ1v) is 5.48. The molecular weight excluding hydrogens is 257 g/mol. The summed E-state index contributed by atoms with van der Waals surface area (Å²) in [5.74, 6) is -3.57. The molecule has 1 aromatic carbocycles. The van der Waals surface area contributed by atoms with Gasteiger partial charge >= 0.3 is 0 Å². The Balaban J connectivity index is 3.33. The van der Waals surface area contributed by atoms with Crippen LogP contribution in [0.25, 0.3) is 0 Å². The van der Waals surface area contributed by atoms with Gasteiger partial charge in [0.15, 0.2) is 0 Å². The molecule has 1 rings (SSSR count). The number of hydrogen-bond acceptors (Lipinski definition) is 1. The van der Waals surface area contributed by atoms with Crippen molar-refractivity contribution in [1.29, 1.82) is 0 Å². The molecule has 0 heterocycles. The minimum atomic E-state index is -3.01. The normalized spacial score (nSPS) is 12.0. The van der Waals surface area contributed by atoms with Crippen LogP contribution in [0.15, 0.2) is 12.1 Å². The molecule has 0 amide bonds. The van der Waals surface area contributed by atoms with Crippen molar-refractivity contribution in [3.05, 3.63) is 27.7 Å². The van der Waals surface area contributed by atoms with E-state index >= 15 is 0 Å². The quantitative estimate of drug-likeness (QED) is 0.769. The summed E-state index contributed by atoms with van der Waals surface area (Å²) in [7, 11) is 1.40. The maximum absolute atomic E-state index is 13.8. The second-order valence-corrected chi connectivity index (χ2v) is 4.48. The molecule has 0 aliphatic heterocycles. The van der Waals surface area contributed by atoms with Gasteiger partial charge in [0, 0.05) is 11.5 Å². The van der Waals surface area contributed by atoms with E-state index in [2.05, 4.69) is 0 Å². The van der Waals surface area contributed by atoms with Gasteiger partial charge in [0.1, 0.15) is 10.8 Å². The average molecular weight is 269 g/mol. The molecule has 1 nitrogen and oxygen atoms in total. The molecule has 0 aliphatic rings. The van der Waals surface area contributed by atoms with Crippen molar-refractivity contribution < 1.29 is 13.5 Å². The van der Waals surface area contributed by atoms with Crippen LogP contribution in [0.3, 0.4) is 0 Å². The standard InChI is InChI=1S/C11H12Cl2F2O/c1-6(2)11(14,15)7-4-5-8(16-3)10(13)9(7)12/h4-6H,1-3H3. The fraction of sp³-hybridized carbons (Fsp3) is 0.455. The first-order valence-electron chi connectivity index (χ1n) is 4.72. The van der Waals surface area contributed by atoms with Gasteiger partial charge in [-0.3, -0.25) is 0 Å². The maximum Gasteiger partial charge on any atom is 0.276 e. The van der Waals surface area contributed by atoms with Crippen LogP contribution in [0.1, 0.15) is 19.4 Å². The number of alkyl halides is 2. The van der Waals surface area contributed by atoms with E-state index in [1.807, 2.05) is 0 Å². The summed E-state index contributed by atoms with van der Waals surface area (Å²) in [6.07, 6.45) is 0. The largest absolute Gasteiger partial charge is 0.495 e.